The molecule has 1 N–H and O–H groups in total. The van der Waals surface area contributed by atoms with Crippen molar-refractivity contribution in [1.29, 1.82) is 0 Å². The second-order valence-electron chi connectivity index (χ2n) is 9.15. The zero-order valence-corrected chi connectivity index (χ0v) is 20.1. The highest BCUT2D eigenvalue weighted by Crippen LogP contribution is 2.33. The summed E-state index contributed by atoms with van der Waals surface area (Å²) in [5, 5.41) is 4.09. The van der Waals surface area contributed by atoms with Crippen molar-refractivity contribution in [3.8, 4) is 22.8 Å². The summed E-state index contributed by atoms with van der Waals surface area (Å²) in [6.45, 7) is 1.91. The Hall–Kier alpha value is -4.47. The van der Waals surface area contributed by atoms with E-state index in [1.807, 2.05) is 35.8 Å². The van der Waals surface area contributed by atoms with Crippen LogP contribution in [0.5, 0.6) is 5.75 Å². The lowest BCUT2D eigenvalue weighted by Gasteiger charge is -2.20. The highest BCUT2D eigenvalue weighted by Gasteiger charge is 2.31. The fourth-order valence-electron chi connectivity index (χ4n) is 4.25. The van der Waals surface area contributed by atoms with Crippen molar-refractivity contribution >= 4 is 22.4 Å². The molecule has 0 bridgehead atoms. The van der Waals surface area contributed by atoms with Gasteiger partial charge in [0.2, 0.25) is 0 Å². The number of alkyl halides is 3. The summed E-state index contributed by atoms with van der Waals surface area (Å²) in [5.41, 5.74) is 5.15. The van der Waals surface area contributed by atoms with Crippen LogP contribution in [0.15, 0.2) is 77.9 Å². The predicted molar refractivity (Wildman–Crippen MR) is 135 cm³/mol. The predicted octanol–water partition coefficient (Wildman–Crippen LogP) is 6.68. The maximum absolute atomic E-state index is 14.2. The first kappa shape index (κ1) is 23.9. The monoisotopic (exact) mass is 519 g/mol. The maximum Gasteiger partial charge on any atom is 0.573 e. The number of halogens is 4. The molecule has 2 aliphatic carbocycles. The molecule has 0 atom stereocenters. The molecule has 2 aromatic carbocycles. The molecular formula is C28H21F4N5O. The molecule has 38 heavy (non-hydrogen) atoms. The van der Waals surface area contributed by atoms with Gasteiger partial charge in [-0.1, -0.05) is 0 Å². The first-order chi connectivity index (χ1) is 18.2. The van der Waals surface area contributed by atoms with Crippen LogP contribution in [0.25, 0.3) is 28.1 Å². The van der Waals surface area contributed by atoms with E-state index in [-0.39, 0.29) is 11.8 Å². The van der Waals surface area contributed by atoms with E-state index in [1.54, 1.807) is 12.3 Å². The molecule has 0 radical (unpaired) electrons. The van der Waals surface area contributed by atoms with E-state index in [4.69, 9.17) is 9.98 Å². The molecule has 6 nitrogen and oxygen atoms in total. The van der Waals surface area contributed by atoms with Crippen molar-refractivity contribution < 1.29 is 22.3 Å². The second-order valence-corrected chi connectivity index (χ2v) is 9.15. The Balaban J connectivity index is 1.56. The molecule has 192 valence electrons. The van der Waals surface area contributed by atoms with Crippen LogP contribution in [0.1, 0.15) is 18.5 Å². The van der Waals surface area contributed by atoms with Crippen molar-refractivity contribution in [2.45, 2.75) is 32.2 Å². The van der Waals surface area contributed by atoms with Gasteiger partial charge in [-0.15, -0.1) is 13.2 Å². The fourth-order valence-corrected chi connectivity index (χ4v) is 4.25. The molecule has 10 heteroatoms. The molecule has 1 fully saturated rings. The maximum atomic E-state index is 14.2. The van der Waals surface area contributed by atoms with Crippen LogP contribution in [-0.4, -0.2) is 26.9 Å². The number of ether oxygens (including phenoxy) is 1. The summed E-state index contributed by atoms with van der Waals surface area (Å²) in [6.07, 6.45) is -1.06. The van der Waals surface area contributed by atoms with E-state index in [0.29, 0.717) is 28.1 Å². The first-order valence-corrected chi connectivity index (χ1v) is 12.0. The van der Waals surface area contributed by atoms with Gasteiger partial charge in [-0.05, 0) is 80.4 Å². The number of fused-ring (bicyclic) bond motifs is 2. The van der Waals surface area contributed by atoms with Crippen LogP contribution in [0.4, 0.5) is 28.9 Å². The van der Waals surface area contributed by atoms with Crippen LogP contribution in [0.3, 0.4) is 0 Å². The summed E-state index contributed by atoms with van der Waals surface area (Å²) >= 11 is 0. The number of anilines is 2. The molecule has 1 aromatic heterocycles. The number of pyridine rings is 1. The minimum absolute atomic E-state index is 0.221. The molecule has 0 spiro atoms. The van der Waals surface area contributed by atoms with E-state index < -0.39 is 12.2 Å². The third-order valence-electron chi connectivity index (χ3n) is 6.14. The number of rotatable bonds is 5. The summed E-state index contributed by atoms with van der Waals surface area (Å²) in [4.78, 5) is 13.9. The van der Waals surface area contributed by atoms with E-state index in [9.17, 15) is 17.6 Å². The highest BCUT2D eigenvalue weighted by molar-refractivity contribution is 5.84. The number of aromatic nitrogens is 3. The Bertz CT molecular complexity index is 1670. The summed E-state index contributed by atoms with van der Waals surface area (Å²) in [6, 6.07) is 17.5. The van der Waals surface area contributed by atoms with Crippen LogP contribution in [0.2, 0.25) is 0 Å². The molecule has 1 aliphatic heterocycles. The van der Waals surface area contributed by atoms with Gasteiger partial charge in [0.1, 0.15) is 11.6 Å². The van der Waals surface area contributed by atoms with Crippen LogP contribution < -0.4 is 15.4 Å². The number of nitrogens with zero attached hydrogens (tertiary/aromatic N) is 4. The number of nitrogens with one attached hydrogen (secondary N) is 1. The molecule has 0 saturated heterocycles. The van der Waals surface area contributed by atoms with E-state index >= 15 is 0 Å². The van der Waals surface area contributed by atoms with Gasteiger partial charge in [0.05, 0.1) is 51.4 Å². The average molecular weight is 520 g/mol. The molecule has 1 saturated carbocycles. The largest absolute Gasteiger partial charge is 0.573 e. The number of aryl methyl sites for hydroxylation is 1. The number of benzene rings is 3. The van der Waals surface area contributed by atoms with Crippen molar-refractivity contribution in [2.75, 3.05) is 5.32 Å². The zero-order chi connectivity index (χ0) is 26.4. The Morgan fingerprint density at radius 1 is 1.00 bits per heavy atom. The Morgan fingerprint density at radius 3 is 2.47 bits per heavy atom. The number of hydrogen-bond acceptors (Lipinski definition) is 5. The highest BCUT2D eigenvalue weighted by atomic mass is 19.4. The van der Waals surface area contributed by atoms with Crippen molar-refractivity contribution in [3.05, 3.63) is 89.8 Å². The summed E-state index contributed by atoms with van der Waals surface area (Å²) in [5.74, 6) is -0.785. The van der Waals surface area contributed by atoms with Crippen molar-refractivity contribution in [3.63, 3.8) is 0 Å². The topological polar surface area (TPSA) is 64.3 Å². The quantitative estimate of drug-likeness (QED) is 0.208. The lowest BCUT2D eigenvalue weighted by molar-refractivity contribution is -0.274. The standard InChI is InChI=1S/C28H21F4N5O/c1-16-2-4-19(15-33-16)35-22-13-25-27(14-23(22)34-18-5-6-18)37(26-11-3-17(29)12-24(26)36-25)20-7-9-21(10-8-20)38-28(30,31)32/h2-4,7-15,18,35H,5-6H2,1H3/b34-23+. The van der Waals surface area contributed by atoms with Gasteiger partial charge in [-0.3, -0.25) is 9.98 Å². The molecule has 0 unspecified atom stereocenters. The Kier molecular flexibility index (Phi) is 5.74. The van der Waals surface area contributed by atoms with Gasteiger partial charge in [-0.2, -0.15) is 0 Å². The molecule has 3 aliphatic rings. The Morgan fingerprint density at radius 2 is 1.79 bits per heavy atom. The second kappa shape index (κ2) is 9.13. The smallest absolute Gasteiger partial charge is 0.406 e. The van der Waals surface area contributed by atoms with Gasteiger partial charge in [0.25, 0.3) is 0 Å². The van der Waals surface area contributed by atoms with E-state index in [0.717, 1.165) is 35.3 Å². The SMILES string of the molecule is Cc1ccc(Nc2cc3nc4cc(F)ccc4n(-c4ccc(OC(F)(F)F)cc4)c-3c/c2=N\C2CC2)cn1. The Labute approximate surface area is 214 Å². The summed E-state index contributed by atoms with van der Waals surface area (Å²) < 4.78 is 58.1. The normalized spacial score (nSPS) is 14.3. The van der Waals surface area contributed by atoms with Gasteiger partial charge in [0.15, 0.2) is 0 Å². The van der Waals surface area contributed by atoms with Crippen molar-refractivity contribution in [1.82, 2.24) is 14.5 Å². The molecular weight excluding hydrogens is 498 g/mol. The van der Waals surface area contributed by atoms with Gasteiger partial charge in [0, 0.05) is 17.4 Å². The lowest BCUT2D eigenvalue weighted by Crippen LogP contribution is -2.17. The van der Waals surface area contributed by atoms with Crippen LogP contribution in [-0.2, 0) is 0 Å². The average Bonchev–Trinajstić information content (AvgIpc) is 3.68. The van der Waals surface area contributed by atoms with Gasteiger partial charge < -0.3 is 14.6 Å². The third kappa shape index (κ3) is 5.02. The minimum atomic E-state index is -4.79. The van der Waals surface area contributed by atoms with Crippen LogP contribution >= 0.6 is 0 Å². The first-order valence-electron chi connectivity index (χ1n) is 12.0. The molecule has 3 aromatic rings. The third-order valence-corrected chi connectivity index (χ3v) is 6.14. The molecule has 2 heterocycles. The van der Waals surface area contributed by atoms with E-state index in [1.165, 1.54) is 36.4 Å². The van der Waals surface area contributed by atoms with E-state index in [2.05, 4.69) is 15.0 Å². The van der Waals surface area contributed by atoms with Crippen LogP contribution in [0, 0.1) is 12.7 Å². The summed E-state index contributed by atoms with van der Waals surface area (Å²) in [7, 11) is 0. The minimum Gasteiger partial charge on any atom is -0.406 e. The molecule has 6 rings (SSSR count). The zero-order valence-electron chi connectivity index (χ0n) is 20.1. The van der Waals surface area contributed by atoms with Gasteiger partial charge in [-0.25, -0.2) is 9.37 Å². The lowest BCUT2D eigenvalue weighted by atomic mass is 10.1. The van der Waals surface area contributed by atoms with Crippen molar-refractivity contribution in [2.24, 2.45) is 4.99 Å². The molecule has 0 amide bonds. The van der Waals surface area contributed by atoms with Gasteiger partial charge >= 0.3 is 6.36 Å². The number of hydrogen-bond donors (Lipinski definition) is 1. The fraction of sp³-hybridized carbons (Fsp3) is 0.179.